The number of halogens is 1. The number of hydrogen-bond donors (Lipinski definition) is 1. The van der Waals surface area contributed by atoms with Crippen LogP contribution < -0.4 is 10.1 Å². The van der Waals surface area contributed by atoms with Crippen molar-refractivity contribution in [2.24, 2.45) is 0 Å². The summed E-state index contributed by atoms with van der Waals surface area (Å²) in [5.74, 6) is -0.159. The van der Waals surface area contributed by atoms with Crippen LogP contribution in [0.1, 0.15) is 85.0 Å². The van der Waals surface area contributed by atoms with Crippen LogP contribution in [0.2, 0.25) is 5.02 Å². The van der Waals surface area contributed by atoms with Crippen molar-refractivity contribution in [1.29, 1.82) is 0 Å². The molecule has 3 aliphatic rings. The predicted octanol–water partition coefficient (Wildman–Crippen LogP) is 5.02. The van der Waals surface area contributed by atoms with Gasteiger partial charge in [0.1, 0.15) is 11.8 Å². The Bertz CT molecular complexity index is 1250. The Hall–Kier alpha value is -2.94. The van der Waals surface area contributed by atoms with Gasteiger partial charge in [0.05, 0.1) is 25.9 Å². The summed E-state index contributed by atoms with van der Waals surface area (Å²) in [5.41, 5.74) is 3.89. The molecule has 1 unspecified atom stereocenters. The predicted molar refractivity (Wildman–Crippen MR) is 152 cm³/mol. The van der Waals surface area contributed by atoms with E-state index in [1.807, 2.05) is 24.3 Å². The first-order valence-electron chi connectivity index (χ1n) is 14.5. The molecule has 1 fully saturated rings. The van der Waals surface area contributed by atoms with Gasteiger partial charge in [0.2, 0.25) is 11.8 Å². The first-order valence-corrected chi connectivity index (χ1v) is 14.8. The molecule has 1 saturated heterocycles. The van der Waals surface area contributed by atoms with Gasteiger partial charge in [-0.05, 0) is 74.2 Å². The molecule has 2 aromatic carbocycles. The fourth-order valence-corrected chi connectivity index (χ4v) is 6.09. The van der Waals surface area contributed by atoms with Crippen molar-refractivity contribution < 1.29 is 23.9 Å². The molecule has 0 aromatic heterocycles. The van der Waals surface area contributed by atoms with Crippen molar-refractivity contribution in [2.45, 2.75) is 77.2 Å². The third kappa shape index (κ3) is 6.51. The average Bonchev–Trinajstić information content (AvgIpc) is 3.50. The minimum Gasteiger partial charge on any atom is -0.493 e. The first kappa shape index (κ1) is 28.6. The summed E-state index contributed by atoms with van der Waals surface area (Å²) < 4.78 is 12.1. The largest absolute Gasteiger partial charge is 0.493 e. The SMILES string of the molecule is CCN(CCCCCCOc1cccc2c1CN(C1CCC(=O)NC1=O)C2=O)CC[C@H]1OCc2ccc(Cl)cc21. The third-order valence-electron chi connectivity index (χ3n) is 8.21. The molecule has 214 valence electrons. The molecule has 3 aliphatic heterocycles. The average molecular weight is 568 g/mol. The minimum absolute atomic E-state index is 0.130. The molecule has 0 saturated carbocycles. The molecule has 8 nitrogen and oxygen atoms in total. The Kier molecular flexibility index (Phi) is 9.40. The highest BCUT2D eigenvalue weighted by Crippen LogP contribution is 2.35. The van der Waals surface area contributed by atoms with E-state index in [4.69, 9.17) is 21.1 Å². The normalized spacial score (nSPS) is 20.2. The van der Waals surface area contributed by atoms with E-state index in [9.17, 15) is 14.4 Å². The Morgan fingerprint density at radius 3 is 2.77 bits per heavy atom. The summed E-state index contributed by atoms with van der Waals surface area (Å²) in [6.07, 6.45) is 5.98. The number of rotatable bonds is 13. The molecule has 9 heteroatoms. The van der Waals surface area contributed by atoms with Gasteiger partial charge in [0.25, 0.3) is 5.91 Å². The van der Waals surface area contributed by atoms with Crippen molar-refractivity contribution in [3.8, 4) is 5.75 Å². The van der Waals surface area contributed by atoms with Crippen LogP contribution in [-0.4, -0.2) is 59.8 Å². The van der Waals surface area contributed by atoms with Crippen molar-refractivity contribution in [2.75, 3.05) is 26.2 Å². The van der Waals surface area contributed by atoms with Gasteiger partial charge in [0, 0.05) is 29.1 Å². The van der Waals surface area contributed by atoms with Crippen molar-refractivity contribution in [3.05, 3.63) is 63.7 Å². The molecule has 5 rings (SSSR count). The number of nitrogens with one attached hydrogen (secondary N) is 1. The maximum absolute atomic E-state index is 13.0. The molecule has 1 N–H and O–H groups in total. The molecular formula is C31H38ClN3O5. The van der Waals surface area contributed by atoms with Crippen LogP contribution in [0.4, 0.5) is 0 Å². The highest BCUT2D eigenvalue weighted by molar-refractivity contribution is 6.30. The monoisotopic (exact) mass is 567 g/mol. The second kappa shape index (κ2) is 13.1. The van der Waals surface area contributed by atoms with E-state index in [-0.39, 0.29) is 24.3 Å². The lowest BCUT2D eigenvalue weighted by Crippen LogP contribution is -2.52. The Balaban J connectivity index is 1.01. The molecule has 2 aromatic rings. The number of unbranched alkanes of at least 4 members (excludes halogenated alkanes) is 3. The van der Waals surface area contributed by atoms with Gasteiger partial charge in [-0.3, -0.25) is 19.7 Å². The number of hydrogen-bond acceptors (Lipinski definition) is 6. The summed E-state index contributed by atoms with van der Waals surface area (Å²) >= 11 is 6.20. The summed E-state index contributed by atoms with van der Waals surface area (Å²) in [7, 11) is 0. The van der Waals surface area contributed by atoms with E-state index in [0.717, 1.165) is 62.3 Å². The van der Waals surface area contributed by atoms with Crippen LogP contribution in [0.15, 0.2) is 36.4 Å². The van der Waals surface area contributed by atoms with Gasteiger partial charge in [-0.15, -0.1) is 0 Å². The molecule has 0 radical (unpaired) electrons. The molecule has 0 spiro atoms. The summed E-state index contributed by atoms with van der Waals surface area (Å²) in [6.45, 7) is 6.88. The van der Waals surface area contributed by atoms with Gasteiger partial charge in [0.15, 0.2) is 0 Å². The van der Waals surface area contributed by atoms with E-state index in [2.05, 4.69) is 23.2 Å². The fraction of sp³-hybridized carbons (Fsp3) is 0.516. The number of benzene rings is 2. The number of carbonyl (C=O) groups excluding carboxylic acids is 3. The number of fused-ring (bicyclic) bond motifs is 2. The molecular weight excluding hydrogens is 530 g/mol. The van der Waals surface area contributed by atoms with Gasteiger partial charge in [-0.2, -0.15) is 0 Å². The summed E-state index contributed by atoms with van der Waals surface area (Å²) in [5, 5.41) is 3.11. The maximum Gasteiger partial charge on any atom is 0.255 e. The Morgan fingerprint density at radius 1 is 1.10 bits per heavy atom. The Morgan fingerprint density at radius 2 is 1.95 bits per heavy atom. The fourth-order valence-electron chi connectivity index (χ4n) is 5.91. The summed E-state index contributed by atoms with van der Waals surface area (Å²) in [6, 6.07) is 10.9. The van der Waals surface area contributed by atoms with Gasteiger partial charge < -0.3 is 19.3 Å². The van der Waals surface area contributed by atoms with Crippen molar-refractivity contribution in [3.63, 3.8) is 0 Å². The lowest BCUT2D eigenvalue weighted by atomic mass is 10.0. The third-order valence-corrected chi connectivity index (χ3v) is 8.45. The zero-order valence-corrected chi connectivity index (χ0v) is 23.9. The molecule has 0 bridgehead atoms. The number of ether oxygens (including phenoxy) is 2. The number of nitrogens with zero attached hydrogens (tertiary/aromatic N) is 2. The quantitative estimate of drug-likeness (QED) is 0.270. The van der Waals surface area contributed by atoms with Crippen LogP contribution in [0.25, 0.3) is 0 Å². The molecule has 3 heterocycles. The zero-order chi connectivity index (χ0) is 28.1. The van der Waals surface area contributed by atoms with E-state index in [1.165, 1.54) is 11.1 Å². The van der Waals surface area contributed by atoms with Gasteiger partial charge >= 0.3 is 0 Å². The summed E-state index contributed by atoms with van der Waals surface area (Å²) in [4.78, 5) is 40.9. The van der Waals surface area contributed by atoms with Crippen LogP contribution in [0.3, 0.4) is 0 Å². The van der Waals surface area contributed by atoms with Gasteiger partial charge in [-0.1, -0.05) is 43.5 Å². The van der Waals surface area contributed by atoms with Crippen LogP contribution in [-0.2, 0) is 27.5 Å². The van der Waals surface area contributed by atoms with Crippen LogP contribution >= 0.6 is 11.6 Å². The highest BCUT2D eigenvalue weighted by Gasteiger charge is 2.40. The van der Waals surface area contributed by atoms with E-state index < -0.39 is 11.9 Å². The van der Waals surface area contributed by atoms with Gasteiger partial charge in [-0.25, -0.2) is 0 Å². The first-order chi connectivity index (χ1) is 19.4. The minimum atomic E-state index is -0.617. The number of piperidine rings is 1. The number of carbonyl (C=O) groups is 3. The van der Waals surface area contributed by atoms with E-state index in [1.54, 1.807) is 11.0 Å². The zero-order valence-electron chi connectivity index (χ0n) is 23.1. The van der Waals surface area contributed by atoms with Crippen LogP contribution in [0.5, 0.6) is 5.75 Å². The number of amides is 3. The lowest BCUT2D eigenvalue weighted by Gasteiger charge is -2.29. The molecule has 2 atom stereocenters. The molecule has 40 heavy (non-hydrogen) atoms. The Labute approximate surface area is 240 Å². The van der Waals surface area contributed by atoms with Crippen molar-refractivity contribution >= 4 is 29.3 Å². The topological polar surface area (TPSA) is 88.2 Å². The second-order valence-corrected chi connectivity index (χ2v) is 11.2. The second-order valence-electron chi connectivity index (χ2n) is 10.8. The van der Waals surface area contributed by atoms with E-state index >= 15 is 0 Å². The lowest BCUT2D eigenvalue weighted by molar-refractivity contribution is -0.136. The molecule has 0 aliphatic carbocycles. The number of imide groups is 1. The maximum atomic E-state index is 13.0. The van der Waals surface area contributed by atoms with E-state index in [0.29, 0.717) is 37.5 Å². The van der Waals surface area contributed by atoms with Crippen molar-refractivity contribution in [1.82, 2.24) is 15.1 Å². The van der Waals surface area contributed by atoms with Crippen LogP contribution in [0, 0.1) is 0 Å². The highest BCUT2D eigenvalue weighted by atomic mass is 35.5. The molecule has 3 amide bonds. The smallest absolute Gasteiger partial charge is 0.255 e. The standard InChI is InChI=1S/C31H38ClN3O5/c1-2-34(16-14-28-24-18-22(32)11-10-21(24)20-40-28)15-5-3-4-6-17-39-27-9-7-8-23-25(27)19-35(31(23)38)26-12-13-29(36)33-30(26)37/h7-11,18,26,28H,2-6,12-17,19-20H2,1H3,(H,33,36,37)/t26?,28-/m1/s1.